The first-order valence-electron chi connectivity index (χ1n) is 13.6. The molecule has 0 radical (unpaired) electrons. The predicted octanol–water partition coefficient (Wildman–Crippen LogP) is 8.04. The van der Waals surface area contributed by atoms with Gasteiger partial charge in [-0.25, -0.2) is 4.79 Å². The molecule has 0 aromatic heterocycles. The van der Waals surface area contributed by atoms with E-state index in [9.17, 15) is 9.59 Å². The van der Waals surface area contributed by atoms with E-state index in [1.807, 2.05) is 18.2 Å². The molecule has 2 unspecified atom stereocenters. The van der Waals surface area contributed by atoms with Gasteiger partial charge in [0, 0.05) is 6.42 Å². The number of hydrogen-bond donors (Lipinski definition) is 0. The highest BCUT2D eigenvalue weighted by Crippen LogP contribution is 2.32. The average Bonchev–Trinajstić information content (AvgIpc) is 2.82. The molecular weight excluding hydrogens is 412 g/mol. The fourth-order valence-corrected chi connectivity index (χ4v) is 4.67. The lowest BCUT2D eigenvalue weighted by Crippen LogP contribution is -2.47. The van der Waals surface area contributed by atoms with Crippen molar-refractivity contribution in [3.05, 3.63) is 35.9 Å². The quantitative estimate of drug-likeness (QED) is 0.155. The van der Waals surface area contributed by atoms with Crippen molar-refractivity contribution in [3.63, 3.8) is 0 Å². The smallest absolute Gasteiger partial charge is 0.338 e. The summed E-state index contributed by atoms with van der Waals surface area (Å²) in [5, 5.41) is 0. The molecule has 0 bridgehead atoms. The lowest BCUT2D eigenvalue weighted by Gasteiger charge is -2.37. The molecule has 1 aliphatic heterocycles. The zero-order valence-corrected chi connectivity index (χ0v) is 21.1. The predicted molar refractivity (Wildman–Crippen MR) is 134 cm³/mol. The Morgan fingerprint density at radius 2 is 1.42 bits per heavy atom. The molecule has 186 valence electrons. The molecular formula is C29H46O4. The van der Waals surface area contributed by atoms with Crippen molar-refractivity contribution < 1.29 is 19.1 Å². The largest absolute Gasteiger partial charge is 0.461 e. The molecule has 0 N–H and O–H groups in total. The fraction of sp³-hybridized carbons (Fsp3) is 0.724. The summed E-state index contributed by atoms with van der Waals surface area (Å²) in [6.07, 6.45) is 18.1. The summed E-state index contributed by atoms with van der Waals surface area (Å²) in [5.41, 5.74) is 0.580. The summed E-state index contributed by atoms with van der Waals surface area (Å²) in [7, 11) is 0. The molecule has 1 heterocycles. The Labute approximate surface area is 201 Å². The molecule has 1 aromatic rings. The van der Waals surface area contributed by atoms with Crippen LogP contribution in [0.1, 0.15) is 127 Å². The van der Waals surface area contributed by atoms with E-state index in [2.05, 4.69) is 13.8 Å². The van der Waals surface area contributed by atoms with Gasteiger partial charge in [0.05, 0.1) is 11.5 Å². The highest BCUT2D eigenvalue weighted by atomic mass is 16.6. The first kappa shape index (κ1) is 27.4. The lowest BCUT2D eigenvalue weighted by atomic mass is 9.86. The van der Waals surface area contributed by atoms with Gasteiger partial charge < -0.3 is 9.47 Å². The number of rotatable bonds is 19. The molecule has 4 nitrogen and oxygen atoms in total. The van der Waals surface area contributed by atoms with Crippen LogP contribution in [-0.4, -0.2) is 24.1 Å². The zero-order valence-electron chi connectivity index (χ0n) is 21.1. The second-order valence-corrected chi connectivity index (χ2v) is 9.68. The fourth-order valence-electron chi connectivity index (χ4n) is 4.67. The van der Waals surface area contributed by atoms with Crippen molar-refractivity contribution in [2.24, 2.45) is 5.92 Å². The standard InChI is InChI=1S/C29H46O4/c1-3-5-7-9-10-11-12-13-17-21-25(32-28(30)24-19-15-14-16-20-24)23-27-26(29(31)33-27)22-18-8-6-4-2/h14-16,19-20,25-27H,3-13,17-18,21-23H2,1-2H3/t25-,26?,27?/m0/s1. The summed E-state index contributed by atoms with van der Waals surface area (Å²) in [4.78, 5) is 24.7. The van der Waals surface area contributed by atoms with Gasteiger partial charge in [0.15, 0.2) is 0 Å². The van der Waals surface area contributed by atoms with Crippen LogP contribution in [-0.2, 0) is 14.3 Å². The van der Waals surface area contributed by atoms with Crippen LogP contribution < -0.4 is 0 Å². The van der Waals surface area contributed by atoms with Crippen LogP contribution in [0.15, 0.2) is 30.3 Å². The maximum Gasteiger partial charge on any atom is 0.338 e. The lowest BCUT2D eigenvalue weighted by molar-refractivity contribution is -0.188. The van der Waals surface area contributed by atoms with Crippen molar-refractivity contribution in [2.75, 3.05) is 0 Å². The Kier molecular flexibility index (Phi) is 13.9. The molecule has 4 heteroatoms. The summed E-state index contributed by atoms with van der Waals surface area (Å²) >= 11 is 0. The number of unbranched alkanes of at least 4 members (excludes halogenated alkanes) is 11. The number of hydrogen-bond acceptors (Lipinski definition) is 4. The van der Waals surface area contributed by atoms with Gasteiger partial charge in [0.2, 0.25) is 0 Å². The van der Waals surface area contributed by atoms with Crippen LogP contribution in [0.3, 0.4) is 0 Å². The van der Waals surface area contributed by atoms with Gasteiger partial charge in [0.25, 0.3) is 0 Å². The average molecular weight is 459 g/mol. The molecule has 2 rings (SSSR count). The first-order valence-corrected chi connectivity index (χ1v) is 13.6. The maximum atomic E-state index is 12.7. The minimum atomic E-state index is -0.276. The van der Waals surface area contributed by atoms with Crippen LogP contribution in [0, 0.1) is 5.92 Å². The van der Waals surface area contributed by atoms with E-state index in [-0.39, 0.29) is 30.1 Å². The molecule has 1 fully saturated rings. The molecule has 0 saturated carbocycles. The number of benzene rings is 1. The third-order valence-electron chi connectivity index (χ3n) is 6.80. The van der Waals surface area contributed by atoms with E-state index in [4.69, 9.17) is 9.47 Å². The Morgan fingerprint density at radius 1 is 0.848 bits per heavy atom. The molecule has 0 amide bonds. The molecule has 33 heavy (non-hydrogen) atoms. The van der Waals surface area contributed by atoms with Crippen LogP contribution >= 0.6 is 0 Å². The summed E-state index contributed by atoms with van der Waals surface area (Å²) < 4.78 is 11.4. The van der Waals surface area contributed by atoms with E-state index in [0.29, 0.717) is 12.0 Å². The molecule has 1 aliphatic rings. The molecule has 3 atom stereocenters. The topological polar surface area (TPSA) is 52.6 Å². The number of esters is 2. The highest BCUT2D eigenvalue weighted by Gasteiger charge is 2.43. The van der Waals surface area contributed by atoms with Gasteiger partial charge in [-0.15, -0.1) is 0 Å². The first-order chi connectivity index (χ1) is 16.2. The minimum Gasteiger partial charge on any atom is -0.461 e. The summed E-state index contributed by atoms with van der Waals surface area (Å²) in [6.45, 7) is 4.44. The molecule has 1 saturated heterocycles. The maximum absolute atomic E-state index is 12.7. The van der Waals surface area contributed by atoms with Crippen molar-refractivity contribution >= 4 is 11.9 Å². The molecule has 1 aromatic carbocycles. The zero-order chi connectivity index (χ0) is 23.7. The Hall–Kier alpha value is -1.84. The van der Waals surface area contributed by atoms with Gasteiger partial charge in [-0.3, -0.25) is 4.79 Å². The SMILES string of the molecule is CCCCCCCCCCC[C@@H](CC1OC(=O)C1CCCCCC)OC(=O)c1ccccc1. The van der Waals surface area contributed by atoms with Gasteiger partial charge >= 0.3 is 11.9 Å². The van der Waals surface area contributed by atoms with Crippen LogP contribution in [0.25, 0.3) is 0 Å². The van der Waals surface area contributed by atoms with E-state index in [1.165, 1.54) is 57.8 Å². The van der Waals surface area contributed by atoms with E-state index in [1.54, 1.807) is 12.1 Å². The van der Waals surface area contributed by atoms with E-state index >= 15 is 0 Å². The van der Waals surface area contributed by atoms with Crippen molar-refractivity contribution in [1.82, 2.24) is 0 Å². The van der Waals surface area contributed by atoms with Crippen LogP contribution in [0.2, 0.25) is 0 Å². The normalized spacial score (nSPS) is 18.4. The monoisotopic (exact) mass is 458 g/mol. The Bertz CT molecular complexity index is 657. The number of carbonyl (C=O) groups excluding carboxylic acids is 2. The second-order valence-electron chi connectivity index (χ2n) is 9.68. The van der Waals surface area contributed by atoms with Gasteiger partial charge in [-0.05, 0) is 31.4 Å². The minimum absolute atomic E-state index is 0.0251. The van der Waals surface area contributed by atoms with Crippen molar-refractivity contribution in [2.45, 2.75) is 129 Å². The molecule has 0 spiro atoms. The third-order valence-corrected chi connectivity index (χ3v) is 6.80. The van der Waals surface area contributed by atoms with Gasteiger partial charge in [-0.2, -0.15) is 0 Å². The third kappa shape index (κ3) is 10.8. The summed E-state index contributed by atoms with van der Waals surface area (Å²) in [5.74, 6) is -0.378. The van der Waals surface area contributed by atoms with E-state index in [0.717, 1.165) is 38.5 Å². The van der Waals surface area contributed by atoms with Gasteiger partial charge in [-0.1, -0.05) is 109 Å². The number of cyclic esters (lactones) is 1. The molecule has 0 aliphatic carbocycles. The van der Waals surface area contributed by atoms with Crippen molar-refractivity contribution in [3.8, 4) is 0 Å². The number of ether oxygens (including phenoxy) is 2. The summed E-state index contributed by atoms with van der Waals surface area (Å²) in [6, 6.07) is 9.18. The van der Waals surface area contributed by atoms with E-state index < -0.39 is 0 Å². The highest BCUT2D eigenvalue weighted by molar-refractivity contribution is 5.89. The van der Waals surface area contributed by atoms with Crippen LogP contribution in [0.4, 0.5) is 0 Å². The van der Waals surface area contributed by atoms with Crippen molar-refractivity contribution in [1.29, 1.82) is 0 Å². The second kappa shape index (κ2) is 16.7. The Morgan fingerprint density at radius 3 is 2.03 bits per heavy atom. The Balaban J connectivity index is 1.79. The van der Waals surface area contributed by atoms with Gasteiger partial charge in [0.1, 0.15) is 12.2 Å². The van der Waals surface area contributed by atoms with Crippen LogP contribution in [0.5, 0.6) is 0 Å². The number of carbonyl (C=O) groups is 2.